The molecule has 3 nitrogen and oxygen atoms in total. The lowest BCUT2D eigenvalue weighted by molar-refractivity contribution is 0.101. The lowest BCUT2D eigenvalue weighted by Gasteiger charge is -2.07. The monoisotopic (exact) mass is 220 g/mol. The highest BCUT2D eigenvalue weighted by molar-refractivity contribution is 4.45. The molecule has 0 amide bonds. The first kappa shape index (κ1) is 17.3. The van der Waals surface area contributed by atoms with Crippen molar-refractivity contribution in [3.8, 4) is 0 Å². The molecule has 94 valence electrons. The number of ether oxygens (including phenoxy) is 1. The molecule has 3 heteroatoms. The van der Waals surface area contributed by atoms with E-state index in [1.165, 1.54) is 26.2 Å². The first-order valence-corrected chi connectivity index (χ1v) is 5.95. The highest BCUT2D eigenvalue weighted by Crippen LogP contribution is 2.00. The Labute approximate surface area is 94.5 Å². The molecule has 0 aliphatic rings. The van der Waals surface area contributed by atoms with E-state index < -0.39 is 6.10 Å². The summed E-state index contributed by atoms with van der Waals surface area (Å²) in [5.41, 5.74) is 0. The SMILES string of the molecule is CC(O)CO.CCCCOCC(C)CC. The Balaban J connectivity index is 0. The largest absolute Gasteiger partial charge is 0.394 e. The predicted octanol–water partition coefficient (Wildman–Crippen LogP) is 2.21. The lowest BCUT2D eigenvalue weighted by Crippen LogP contribution is -2.05. The number of aliphatic hydroxyl groups is 2. The van der Waals surface area contributed by atoms with Gasteiger partial charge in [0.25, 0.3) is 0 Å². The Bertz CT molecular complexity index is 105. The molecule has 2 unspecified atom stereocenters. The molecule has 0 aromatic rings. The first-order chi connectivity index (χ1) is 7.08. The number of hydrogen-bond acceptors (Lipinski definition) is 3. The molecule has 0 rings (SSSR count). The van der Waals surface area contributed by atoms with Gasteiger partial charge in [0.1, 0.15) is 0 Å². The van der Waals surface area contributed by atoms with E-state index in [1.54, 1.807) is 0 Å². The van der Waals surface area contributed by atoms with E-state index in [-0.39, 0.29) is 6.61 Å². The van der Waals surface area contributed by atoms with E-state index >= 15 is 0 Å². The van der Waals surface area contributed by atoms with Gasteiger partial charge < -0.3 is 14.9 Å². The van der Waals surface area contributed by atoms with Gasteiger partial charge in [-0.1, -0.05) is 33.6 Å². The fraction of sp³-hybridized carbons (Fsp3) is 1.00. The molecule has 0 bridgehead atoms. The molecule has 0 aliphatic carbocycles. The van der Waals surface area contributed by atoms with Crippen molar-refractivity contribution in [1.29, 1.82) is 0 Å². The maximum atomic E-state index is 8.11. The van der Waals surface area contributed by atoms with Gasteiger partial charge in [-0.2, -0.15) is 0 Å². The first-order valence-electron chi connectivity index (χ1n) is 5.95. The van der Waals surface area contributed by atoms with Gasteiger partial charge in [0.05, 0.1) is 12.7 Å². The van der Waals surface area contributed by atoms with Crippen molar-refractivity contribution in [3.63, 3.8) is 0 Å². The third-order valence-corrected chi connectivity index (χ3v) is 2.01. The lowest BCUT2D eigenvalue weighted by atomic mass is 10.1. The minimum absolute atomic E-state index is 0.139. The molecular weight excluding hydrogens is 192 g/mol. The van der Waals surface area contributed by atoms with E-state index in [9.17, 15) is 0 Å². The number of rotatable bonds is 7. The van der Waals surface area contributed by atoms with Crippen molar-refractivity contribution in [2.75, 3.05) is 19.8 Å². The molecule has 15 heavy (non-hydrogen) atoms. The summed E-state index contributed by atoms with van der Waals surface area (Å²) in [6, 6.07) is 0. The summed E-state index contributed by atoms with van der Waals surface area (Å²) in [6.45, 7) is 9.89. The van der Waals surface area contributed by atoms with E-state index in [4.69, 9.17) is 14.9 Å². The van der Waals surface area contributed by atoms with Crippen molar-refractivity contribution in [1.82, 2.24) is 0 Å². The molecule has 0 aliphatic heterocycles. The van der Waals surface area contributed by atoms with E-state index in [2.05, 4.69) is 20.8 Å². The topological polar surface area (TPSA) is 49.7 Å². The summed E-state index contributed by atoms with van der Waals surface area (Å²) in [7, 11) is 0. The van der Waals surface area contributed by atoms with Crippen LogP contribution in [0.2, 0.25) is 0 Å². The minimum Gasteiger partial charge on any atom is -0.394 e. The van der Waals surface area contributed by atoms with Gasteiger partial charge in [0.2, 0.25) is 0 Å². The highest BCUT2D eigenvalue weighted by Gasteiger charge is 1.96. The van der Waals surface area contributed by atoms with Crippen LogP contribution < -0.4 is 0 Å². The molecule has 0 radical (unpaired) electrons. The van der Waals surface area contributed by atoms with Crippen LogP contribution in [0.1, 0.15) is 47.0 Å². The van der Waals surface area contributed by atoms with Crippen LogP contribution in [-0.4, -0.2) is 36.1 Å². The molecule has 0 saturated carbocycles. The van der Waals surface area contributed by atoms with Crippen LogP contribution >= 0.6 is 0 Å². The van der Waals surface area contributed by atoms with Crippen molar-refractivity contribution >= 4 is 0 Å². The van der Waals surface area contributed by atoms with Gasteiger partial charge in [-0.15, -0.1) is 0 Å². The average Bonchev–Trinajstić information content (AvgIpc) is 2.24. The second kappa shape index (κ2) is 13.9. The summed E-state index contributed by atoms with van der Waals surface area (Å²) in [4.78, 5) is 0. The third-order valence-electron chi connectivity index (χ3n) is 2.01. The Morgan fingerprint density at radius 3 is 2.07 bits per heavy atom. The van der Waals surface area contributed by atoms with Crippen LogP contribution in [0, 0.1) is 5.92 Å². The zero-order chi connectivity index (χ0) is 12.1. The number of hydrogen-bond donors (Lipinski definition) is 2. The highest BCUT2D eigenvalue weighted by atomic mass is 16.5. The second-order valence-corrected chi connectivity index (χ2v) is 3.97. The van der Waals surface area contributed by atoms with E-state index in [1.807, 2.05) is 0 Å². The van der Waals surface area contributed by atoms with Crippen LogP contribution in [-0.2, 0) is 4.74 Å². The maximum Gasteiger partial charge on any atom is 0.0742 e. The second-order valence-electron chi connectivity index (χ2n) is 3.97. The smallest absolute Gasteiger partial charge is 0.0742 e. The van der Waals surface area contributed by atoms with E-state index in [0.29, 0.717) is 0 Å². The summed E-state index contributed by atoms with van der Waals surface area (Å²) in [5, 5.41) is 16.0. The number of aliphatic hydroxyl groups excluding tert-OH is 2. The zero-order valence-electron chi connectivity index (χ0n) is 10.7. The van der Waals surface area contributed by atoms with Crippen molar-refractivity contribution in [3.05, 3.63) is 0 Å². The quantitative estimate of drug-likeness (QED) is 0.647. The van der Waals surface area contributed by atoms with Gasteiger partial charge >= 0.3 is 0 Å². The van der Waals surface area contributed by atoms with Gasteiger partial charge in [-0.3, -0.25) is 0 Å². The molecule has 0 saturated heterocycles. The average molecular weight is 220 g/mol. The molecule has 2 atom stereocenters. The van der Waals surface area contributed by atoms with Gasteiger partial charge in [-0.05, 0) is 19.3 Å². The fourth-order valence-corrected chi connectivity index (χ4v) is 0.649. The summed E-state index contributed by atoms with van der Waals surface area (Å²) >= 11 is 0. The molecule has 0 fully saturated rings. The fourth-order valence-electron chi connectivity index (χ4n) is 0.649. The predicted molar refractivity (Wildman–Crippen MR) is 63.9 cm³/mol. The van der Waals surface area contributed by atoms with Crippen molar-refractivity contribution in [2.45, 2.75) is 53.1 Å². The summed E-state index contributed by atoms with van der Waals surface area (Å²) in [5.74, 6) is 0.733. The molecule has 0 aromatic carbocycles. The molecule has 0 aromatic heterocycles. The zero-order valence-corrected chi connectivity index (χ0v) is 10.7. The molecule has 2 N–H and O–H groups in total. The van der Waals surface area contributed by atoms with Crippen LogP contribution in [0.5, 0.6) is 0 Å². The Hall–Kier alpha value is -0.120. The Morgan fingerprint density at radius 2 is 1.73 bits per heavy atom. The summed E-state index contributed by atoms with van der Waals surface area (Å²) in [6.07, 6.45) is 3.11. The maximum absolute atomic E-state index is 8.11. The standard InChI is InChI=1S/C9H20O.C3H8O2/c1-4-6-7-10-8-9(3)5-2;1-3(5)2-4/h9H,4-8H2,1-3H3;3-5H,2H2,1H3. The van der Waals surface area contributed by atoms with Crippen LogP contribution in [0.25, 0.3) is 0 Å². The molecule has 0 heterocycles. The third kappa shape index (κ3) is 20.1. The number of unbranched alkanes of at least 4 members (excludes halogenated alkanes) is 1. The van der Waals surface area contributed by atoms with E-state index in [0.717, 1.165) is 19.1 Å². The minimum atomic E-state index is -0.560. The van der Waals surface area contributed by atoms with Crippen LogP contribution in [0.4, 0.5) is 0 Å². The Kier molecular flexibility index (Phi) is 16.0. The molecular formula is C12H28O3. The summed E-state index contributed by atoms with van der Waals surface area (Å²) < 4.78 is 5.43. The Morgan fingerprint density at radius 1 is 1.20 bits per heavy atom. The normalized spacial score (nSPS) is 14.0. The van der Waals surface area contributed by atoms with Crippen molar-refractivity contribution in [2.24, 2.45) is 5.92 Å². The van der Waals surface area contributed by atoms with Gasteiger partial charge in [0, 0.05) is 13.2 Å². The molecule has 0 spiro atoms. The van der Waals surface area contributed by atoms with Crippen LogP contribution in [0.3, 0.4) is 0 Å². The van der Waals surface area contributed by atoms with Crippen molar-refractivity contribution < 1.29 is 14.9 Å². The van der Waals surface area contributed by atoms with Gasteiger partial charge in [0.15, 0.2) is 0 Å². The van der Waals surface area contributed by atoms with Gasteiger partial charge in [-0.25, -0.2) is 0 Å². The van der Waals surface area contributed by atoms with Crippen LogP contribution in [0.15, 0.2) is 0 Å².